The second-order valence-corrected chi connectivity index (χ2v) is 5.68. The van der Waals surface area contributed by atoms with Gasteiger partial charge in [0.25, 0.3) is 0 Å². The molecule has 3 rings (SSSR count). The highest BCUT2D eigenvalue weighted by molar-refractivity contribution is 5.79. The van der Waals surface area contributed by atoms with E-state index in [-0.39, 0.29) is 6.10 Å². The lowest BCUT2D eigenvalue weighted by atomic mass is 9.96. The Balaban J connectivity index is 1.60. The molecule has 0 saturated heterocycles. The minimum Gasteiger partial charge on any atom is -0.490 e. The maximum absolute atomic E-state index is 11.4. The molecule has 0 spiro atoms. The maximum atomic E-state index is 11.4. The molecule has 2 aromatic carbocycles. The second kappa shape index (κ2) is 6.57. The summed E-state index contributed by atoms with van der Waals surface area (Å²) in [7, 11) is 0. The Morgan fingerprint density at radius 3 is 2.38 bits per heavy atom. The van der Waals surface area contributed by atoms with Gasteiger partial charge in [-0.2, -0.15) is 0 Å². The minimum absolute atomic E-state index is 0.0613. The van der Waals surface area contributed by atoms with Crippen LogP contribution >= 0.6 is 0 Å². The third-order valence-corrected chi connectivity index (χ3v) is 3.91. The normalized spacial score (nSPS) is 18.5. The minimum atomic E-state index is 0.0613. The standard InChI is InChI=1S/C19H20O2/c20-17-7-4-8-19(14-17)21-18-11-9-16(10-12-18)13-15-5-2-1-3-6-15/h1-3,5-6,9-12,19H,4,7-8,13-14H2. The molecule has 0 aliphatic heterocycles. The second-order valence-electron chi connectivity index (χ2n) is 5.68. The van der Waals surface area contributed by atoms with Crippen molar-refractivity contribution >= 4 is 5.78 Å². The predicted molar refractivity (Wildman–Crippen MR) is 83.6 cm³/mol. The molecule has 2 heteroatoms. The van der Waals surface area contributed by atoms with Crippen molar-refractivity contribution < 1.29 is 9.53 Å². The van der Waals surface area contributed by atoms with Crippen LogP contribution in [0.15, 0.2) is 54.6 Å². The molecule has 0 radical (unpaired) electrons. The summed E-state index contributed by atoms with van der Waals surface area (Å²) in [6.45, 7) is 0. The molecule has 2 nitrogen and oxygen atoms in total. The van der Waals surface area contributed by atoms with Crippen molar-refractivity contribution in [3.8, 4) is 5.75 Å². The molecule has 0 N–H and O–H groups in total. The molecule has 0 bridgehead atoms. The molecule has 1 aliphatic carbocycles. The van der Waals surface area contributed by atoms with E-state index in [4.69, 9.17) is 4.74 Å². The van der Waals surface area contributed by atoms with E-state index in [2.05, 4.69) is 36.4 Å². The molecule has 1 unspecified atom stereocenters. The Bertz CT molecular complexity index is 587. The summed E-state index contributed by atoms with van der Waals surface area (Å²) in [4.78, 5) is 11.4. The zero-order chi connectivity index (χ0) is 14.5. The van der Waals surface area contributed by atoms with Crippen LogP contribution < -0.4 is 4.74 Å². The highest BCUT2D eigenvalue weighted by Gasteiger charge is 2.20. The summed E-state index contributed by atoms with van der Waals surface area (Å²) in [5.74, 6) is 1.19. The van der Waals surface area contributed by atoms with Gasteiger partial charge < -0.3 is 4.74 Å². The molecular formula is C19H20O2. The van der Waals surface area contributed by atoms with Crippen molar-refractivity contribution in [1.29, 1.82) is 0 Å². The molecule has 108 valence electrons. The molecule has 1 fully saturated rings. The van der Waals surface area contributed by atoms with Crippen molar-refractivity contribution in [2.45, 2.75) is 38.2 Å². The van der Waals surface area contributed by atoms with Crippen LogP contribution in [0.1, 0.15) is 36.8 Å². The van der Waals surface area contributed by atoms with Crippen LogP contribution in [-0.2, 0) is 11.2 Å². The van der Waals surface area contributed by atoms with Crippen molar-refractivity contribution in [2.24, 2.45) is 0 Å². The summed E-state index contributed by atoms with van der Waals surface area (Å²) in [5.41, 5.74) is 2.58. The van der Waals surface area contributed by atoms with E-state index in [0.29, 0.717) is 12.2 Å². The molecule has 0 amide bonds. The average molecular weight is 280 g/mol. The van der Waals surface area contributed by atoms with E-state index in [1.807, 2.05) is 18.2 Å². The number of hydrogen-bond acceptors (Lipinski definition) is 2. The van der Waals surface area contributed by atoms with E-state index in [1.165, 1.54) is 11.1 Å². The van der Waals surface area contributed by atoms with Gasteiger partial charge in [-0.3, -0.25) is 4.79 Å². The molecule has 1 aliphatic rings. The first-order valence-electron chi connectivity index (χ1n) is 7.61. The van der Waals surface area contributed by atoms with Gasteiger partial charge in [0.05, 0.1) is 0 Å². The van der Waals surface area contributed by atoms with E-state index in [1.54, 1.807) is 0 Å². The monoisotopic (exact) mass is 280 g/mol. The average Bonchev–Trinajstić information content (AvgIpc) is 2.50. The van der Waals surface area contributed by atoms with Gasteiger partial charge >= 0.3 is 0 Å². The topological polar surface area (TPSA) is 26.3 Å². The molecule has 0 heterocycles. The van der Waals surface area contributed by atoms with Crippen LogP contribution in [0.5, 0.6) is 5.75 Å². The highest BCUT2D eigenvalue weighted by atomic mass is 16.5. The number of ketones is 1. The summed E-state index contributed by atoms with van der Waals surface area (Å²) < 4.78 is 5.91. The summed E-state index contributed by atoms with van der Waals surface area (Å²) in [6.07, 6.45) is 4.21. The van der Waals surface area contributed by atoms with Crippen LogP contribution in [0.4, 0.5) is 0 Å². The van der Waals surface area contributed by atoms with Gasteiger partial charge in [0.2, 0.25) is 0 Å². The molecule has 1 saturated carbocycles. The van der Waals surface area contributed by atoms with E-state index in [9.17, 15) is 4.79 Å². The van der Waals surface area contributed by atoms with Crippen molar-refractivity contribution in [3.05, 3.63) is 65.7 Å². The van der Waals surface area contributed by atoms with Crippen LogP contribution in [0.3, 0.4) is 0 Å². The lowest BCUT2D eigenvalue weighted by Gasteiger charge is -2.22. The number of ether oxygens (including phenoxy) is 1. The summed E-state index contributed by atoms with van der Waals surface area (Å²) >= 11 is 0. The van der Waals surface area contributed by atoms with E-state index in [0.717, 1.165) is 31.4 Å². The Hall–Kier alpha value is -2.09. The first-order chi connectivity index (χ1) is 10.3. The van der Waals surface area contributed by atoms with Gasteiger partial charge in [-0.05, 0) is 42.5 Å². The smallest absolute Gasteiger partial charge is 0.136 e. The van der Waals surface area contributed by atoms with Crippen LogP contribution in [0.25, 0.3) is 0 Å². The number of carbonyl (C=O) groups excluding carboxylic acids is 1. The van der Waals surface area contributed by atoms with E-state index < -0.39 is 0 Å². The fraction of sp³-hybridized carbons (Fsp3) is 0.316. The predicted octanol–water partition coefficient (Wildman–Crippen LogP) is 4.17. The number of Topliss-reactive ketones (excluding diaryl/α,β-unsaturated/α-hetero) is 1. The fourth-order valence-corrected chi connectivity index (χ4v) is 2.80. The summed E-state index contributed by atoms with van der Waals surface area (Å²) in [6, 6.07) is 18.7. The number of carbonyl (C=O) groups is 1. The maximum Gasteiger partial charge on any atom is 0.136 e. The van der Waals surface area contributed by atoms with Gasteiger partial charge in [-0.1, -0.05) is 42.5 Å². The number of benzene rings is 2. The first kappa shape index (κ1) is 13.9. The lowest BCUT2D eigenvalue weighted by molar-refractivity contribution is -0.122. The van der Waals surface area contributed by atoms with Gasteiger partial charge in [-0.15, -0.1) is 0 Å². The Labute approximate surface area is 125 Å². The van der Waals surface area contributed by atoms with Gasteiger partial charge in [0, 0.05) is 12.8 Å². The van der Waals surface area contributed by atoms with Crippen molar-refractivity contribution in [3.63, 3.8) is 0 Å². The Morgan fingerprint density at radius 1 is 0.952 bits per heavy atom. The quantitative estimate of drug-likeness (QED) is 0.840. The Kier molecular flexibility index (Phi) is 4.34. The summed E-state index contributed by atoms with van der Waals surface area (Å²) in [5, 5.41) is 0. The molecular weight excluding hydrogens is 260 g/mol. The number of rotatable bonds is 4. The fourth-order valence-electron chi connectivity index (χ4n) is 2.80. The SMILES string of the molecule is O=C1CCCC(Oc2ccc(Cc3ccccc3)cc2)C1. The molecule has 0 aromatic heterocycles. The van der Waals surface area contributed by atoms with Crippen molar-refractivity contribution in [1.82, 2.24) is 0 Å². The van der Waals surface area contributed by atoms with E-state index >= 15 is 0 Å². The molecule has 2 aromatic rings. The van der Waals surface area contributed by atoms with Gasteiger partial charge in [0.15, 0.2) is 0 Å². The zero-order valence-electron chi connectivity index (χ0n) is 12.1. The molecule has 1 atom stereocenters. The van der Waals surface area contributed by atoms with Crippen LogP contribution in [-0.4, -0.2) is 11.9 Å². The third kappa shape index (κ3) is 3.94. The first-order valence-corrected chi connectivity index (χ1v) is 7.61. The zero-order valence-corrected chi connectivity index (χ0v) is 12.1. The molecule has 21 heavy (non-hydrogen) atoms. The van der Waals surface area contributed by atoms with Gasteiger partial charge in [0.1, 0.15) is 17.6 Å². The number of hydrogen-bond donors (Lipinski definition) is 0. The largest absolute Gasteiger partial charge is 0.490 e. The van der Waals surface area contributed by atoms with Crippen LogP contribution in [0.2, 0.25) is 0 Å². The van der Waals surface area contributed by atoms with Gasteiger partial charge in [-0.25, -0.2) is 0 Å². The van der Waals surface area contributed by atoms with Crippen LogP contribution in [0, 0.1) is 0 Å². The third-order valence-electron chi connectivity index (χ3n) is 3.91. The van der Waals surface area contributed by atoms with Crippen molar-refractivity contribution in [2.75, 3.05) is 0 Å². The highest BCUT2D eigenvalue weighted by Crippen LogP contribution is 2.22. The Morgan fingerprint density at radius 2 is 1.67 bits per heavy atom. The lowest BCUT2D eigenvalue weighted by Crippen LogP contribution is -2.25.